The first-order valence-corrected chi connectivity index (χ1v) is 35.7. The Morgan fingerprint density at radius 1 is 0.439 bits per heavy atom. The number of nitrogens with zero attached hydrogens (tertiary/aromatic N) is 1. The maximum atomic E-state index is 13.0. The van der Waals surface area contributed by atoms with Gasteiger partial charge in [0.25, 0.3) is 7.82 Å². The van der Waals surface area contributed by atoms with Crippen molar-refractivity contribution in [3.05, 3.63) is 109 Å². The molecule has 0 spiro atoms. The van der Waals surface area contributed by atoms with Gasteiger partial charge in [0, 0.05) is 6.42 Å². The average Bonchev–Trinajstić information content (AvgIpc) is 3.47. The zero-order valence-electron chi connectivity index (χ0n) is 54.2. The fourth-order valence-electron chi connectivity index (χ4n) is 9.68. The summed E-state index contributed by atoms with van der Waals surface area (Å²) in [4.78, 5) is 25.6. The van der Waals surface area contributed by atoms with Crippen molar-refractivity contribution in [1.82, 2.24) is 5.32 Å². The largest absolute Gasteiger partial charge is 0.756 e. The van der Waals surface area contributed by atoms with Gasteiger partial charge < -0.3 is 28.8 Å². The molecule has 82 heavy (non-hydrogen) atoms. The number of aliphatic hydroxyl groups excluding tert-OH is 1. The van der Waals surface area contributed by atoms with Crippen molar-refractivity contribution in [2.75, 3.05) is 40.9 Å². The van der Waals surface area contributed by atoms with Crippen LogP contribution in [-0.4, -0.2) is 68.5 Å². The molecule has 0 heterocycles. The number of hydrogen-bond acceptors (Lipinski definition) is 6. The molecule has 0 bridgehead atoms. The highest BCUT2D eigenvalue weighted by molar-refractivity contribution is 7.45. The lowest BCUT2D eigenvalue weighted by Crippen LogP contribution is -2.45. The summed E-state index contributed by atoms with van der Waals surface area (Å²) in [6.07, 6.45) is 92.0. The number of phosphoric acid groups is 1. The van der Waals surface area contributed by atoms with Crippen LogP contribution in [0.4, 0.5) is 0 Å². The maximum Gasteiger partial charge on any atom is 0.268 e. The summed E-state index contributed by atoms with van der Waals surface area (Å²) in [6.45, 7) is 4.54. The average molecular weight is 1160 g/mol. The molecule has 8 nitrogen and oxygen atoms in total. The van der Waals surface area contributed by atoms with Gasteiger partial charge >= 0.3 is 0 Å². The lowest BCUT2D eigenvalue weighted by molar-refractivity contribution is -0.870. The van der Waals surface area contributed by atoms with E-state index in [4.69, 9.17) is 9.05 Å². The quantitative estimate of drug-likeness (QED) is 0.0272. The highest BCUT2D eigenvalue weighted by atomic mass is 31.2. The van der Waals surface area contributed by atoms with Crippen LogP contribution in [0.25, 0.3) is 0 Å². The molecule has 474 valence electrons. The Kier molecular flexibility index (Phi) is 60.5. The van der Waals surface area contributed by atoms with Gasteiger partial charge in [0.15, 0.2) is 0 Å². The van der Waals surface area contributed by atoms with E-state index in [-0.39, 0.29) is 12.5 Å². The van der Waals surface area contributed by atoms with Crippen molar-refractivity contribution in [1.29, 1.82) is 0 Å². The molecule has 0 saturated heterocycles. The van der Waals surface area contributed by atoms with E-state index in [0.717, 1.165) is 83.5 Å². The van der Waals surface area contributed by atoms with E-state index in [2.05, 4.69) is 116 Å². The lowest BCUT2D eigenvalue weighted by atomic mass is 10.0. The van der Waals surface area contributed by atoms with Crippen LogP contribution in [0, 0.1) is 0 Å². The third kappa shape index (κ3) is 64.7. The fraction of sp³-hybridized carbons (Fsp3) is 0.740. The summed E-state index contributed by atoms with van der Waals surface area (Å²) in [5.41, 5.74) is 0. The SMILES string of the molecule is CC/C=C\C/C=C\C/C=C\C/C=C\C/C=C\C/C=C\C/C=C\CCCCCCCCCCCCCCCCCC(=O)NC(COP(=O)([O-])OCC[N+](C)(C)C)C(O)/C=C/CC/C=C/CCCCCCCCCCCCCCCCCCC. The second-order valence-electron chi connectivity index (χ2n) is 24.1. The highest BCUT2D eigenvalue weighted by Crippen LogP contribution is 2.38. The number of carbonyl (C=O) groups is 1. The number of amides is 1. The molecule has 0 rings (SSSR count). The number of quaternary nitrogens is 1. The molecule has 0 fully saturated rings. The number of carbonyl (C=O) groups excluding carboxylic acids is 1. The molecule has 0 radical (unpaired) electrons. The van der Waals surface area contributed by atoms with E-state index >= 15 is 0 Å². The van der Waals surface area contributed by atoms with Crippen LogP contribution in [0.3, 0.4) is 0 Å². The van der Waals surface area contributed by atoms with E-state index in [1.807, 2.05) is 27.2 Å². The Labute approximate surface area is 508 Å². The summed E-state index contributed by atoms with van der Waals surface area (Å²) < 4.78 is 23.4. The Balaban J connectivity index is 4.10. The van der Waals surface area contributed by atoms with Gasteiger partial charge in [-0.25, -0.2) is 0 Å². The first-order chi connectivity index (χ1) is 40.0. The van der Waals surface area contributed by atoms with Crippen molar-refractivity contribution in [3.63, 3.8) is 0 Å². The molecule has 2 N–H and O–H groups in total. The second-order valence-corrected chi connectivity index (χ2v) is 25.6. The molecule has 1 amide bonds. The van der Waals surface area contributed by atoms with Gasteiger partial charge in [-0.05, 0) is 89.9 Å². The Morgan fingerprint density at radius 3 is 1.13 bits per heavy atom. The summed E-state index contributed by atoms with van der Waals surface area (Å²) in [7, 11) is 1.24. The number of rotatable bonds is 62. The molecule has 3 atom stereocenters. The number of phosphoric ester groups is 1. The maximum absolute atomic E-state index is 13.0. The monoisotopic (exact) mass is 1160 g/mol. The summed E-state index contributed by atoms with van der Waals surface area (Å²) in [5, 5.41) is 13.9. The van der Waals surface area contributed by atoms with Crippen molar-refractivity contribution < 1.29 is 32.9 Å². The predicted molar refractivity (Wildman–Crippen MR) is 357 cm³/mol. The van der Waals surface area contributed by atoms with Crippen molar-refractivity contribution in [2.24, 2.45) is 0 Å². The minimum absolute atomic E-state index is 0.00949. The van der Waals surface area contributed by atoms with Gasteiger partial charge in [-0.15, -0.1) is 0 Å². The van der Waals surface area contributed by atoms with Crippen LogP contribution < -0.4 is 10.2 Å². The number of hydrogen-bond donors (Lipinski definition) is 2. The first kappa shape index (κ1) is 79.2. The number of aliphatic hydroxyl groups is 1. The van der Waals surface area contributed by atoms with Crippen LogP contribution in [0.2, 0.25) is 0 Å². The first-order valence-electron chi connectivity index (χ1n) is 34.2. The van der Waals surface area contributed by atoms with Crippen LogP contribution in [0.15, 0.2) is 109 Å². The molecule has 0 aromatic heterocycles. The van der Waals surface area contributed by atoms with E-state index in [9.17, 15) is 19.4 Å². The molecule has 0 aliphatic carbocycles. The molecule has 0 aliphatic heterocycles. The van der Waals surface area contributed by atoms with Gasteiger partial charge in [-0.2, -0.15) is 0 Å². The zero-order chi connectivity index (χ0) is 59.8. The minimum atomic E-state index is -4.62. The van der Waals surface area contributed by atoms with Crippen LogP contribution >= 0.6 is 7.82 Å². The van der Waals surface area contributed by atoms with E-state index in [1.165, 1.54) is 193 Å². The highest BCUT2D eigenvalue weighted by Gasteiger charge is 2.23. The number of allylic oxidation sites excluding steroid dienone is 17. The van der Waals surface area contributed by atoms with Crippen LogP contribution in [0.1, 0.15) is 296 Å². The normalized spacial score (nSPS) is 14.4. The number of unbranched alkanes of at least 4 members (excludes halogenated alkanes) is 33. The third-order valence-corrected chi connectivity index (χ3v) is 15.9. The second kappa shape index (κ2) is 62.7. The van der Waals surface area contributed by atoms with Crippen molar-refractivity contribution in [3.8, 4) is 0 Å². The zero-order valence-corrected chi connectivity index (χ0v) is 55.1. The van der Waals surface area contributed by atoms with E-state index < -0.39 is 26.6 Å². The van der Waals surface area contributed by atoms with Crippen LogP contribution in [0.5, 0.6) is 0 Å². The predicted octanol–water partition coefficient (Wildman–Crippen LogP) is 21.2. The molecule has 0 aliphatic rings. The summed E-state index contributed by atoms with van der Waals surface area (Å²) in [5.74, 6) is -0.208. The van der Waals surface area contributed by atoms with Gasteiger partial charge in [0.2, 0.25) is 5.91 Å². The van der Waals surface area contributed by atoms with E-state index in [1.54, 1.807) is 6.08 Å². The Hall–Kier alpha value is -2.84. The fourth-order valence-corrected chi connectivity index (χ4v) is 10.4. The summed E-state index contributed by atoms with van der Waals surface area (Å²) in [6, 6.07) is -0.910. The molecular weight excluding hydrogens is 1030 g/mol. The lowest BCUT2D eigenvalue weighted by Gasteiger charge is -2.29. The molecule has 0 saturated carbocycles. The van der Waals surface area contributed by atoms with Gasteiger partial charge in [-0.3, -0.25) is 9.36 Å². The van der Waals surface area contributed by atoms with Gasteiger partial charge in [-0.1, -0.05) is 309 Å². The summed E-state index contributed by atoms with van der Waals surface area (Å²) >= 11 is 0. The van der Waals surface area contributed by atoms with Gasteiger partial charge in [0.1, 0.15) is 13.2 Å². The molecule has 9 heteroatoms. The topological polar surface area (TPSA) is 108 Å². The smallest absolute Gasteiger partial charge is 0.268 e. The molecule has 0 aromatic carbocycles. The van der Waals surface area contributed by atoms with Crippen molar-refractivity contribution >= 4 is 13.7 Å². The standard InChI is InChI=1S/C73H131N2O6P/c1-6-8-10-12-14-16-18-20-22-24-26-28-30-31-32-33-34-35-36-37-38-39-40-41-42-43-45-47-49-51-53-55-57-59-61-63-65-67-73(77)74-71(70-81-82(78,79)80-69-68-75(3,4)5)72(76)66-64-62-60-58-56-54-52-50-48-46-44-29-27-25-23-21-19-17-15-13-11-9-7-2/h8,10,14,16,20,22,26,28,31-32,34-35,37-38,56,58,64,66,71-72,76H,6-7,9,11-13,15,17-19,21,23-25,27,29-30,33,36,39-55,57,59-63,65,67-70H2,1-5H3,(H-,74,77,78,79)/b10-8-,16-14-,22-20-,28-26-,32-31-,35-34-,38-37-,58-56+,66-64+. The number of likely N-dealkylation sites (N-methyl/N-ethyl adjacent to an activating group) is 1. The molecule has 3 unspecified atom stereocenters. The minimum Gasteiger partial charge on any atom is -0.756 e. The number of nitrogens with one attached hydrogen (secondary N) is 1. The van der Waals surface area contributed by atoms with Crippen molar-refractivity contribution in [2.45, 2.75) is 309 Å². The molecular formula is C73H131N2O6P. The Morgan fingerprint density at radius 2 is 0.756 bits per heavy atom. The molecule has 0 aromatic rings. The third-order valence-electron chi connectivity index (χ3n) is 15.0. The van der Waals surface area contributed by atoms with Crippen LogP contribution in [-0.2, 0) is 18.4 Å². The Bertz CT molecular complexity index is 1700. The van der Waals surface area contributed by atoms with E-state index in [0.29, 0.717) is 17.4 Å². The van der Waals surface area contributed by atoms with Gasteiger partial charge in [0.05, 0.1) is 39.9 Å².